The van der Waals surface area contributed by atoms with E-state index in [1.54, 1.807) is 0 Å². The highest BCUT2D eigenvalue weighted by atomic mass is 16.1. The monoisotopic (exact) mass is 257 g/mol. The molecule has 2 unspecified atom stereocenters. The zero-order valence-electron chi connectivity index (χ0n) is 11.9. The van der Waals surface area contributed by atoms with E-state index in [9.17, 15) is 4.79 Å². The number of rotatable bonds is 2. The summed E-state index contributed by atoms with van der Waals surface area (Å²) in [6.07, 6.45) is 2.83. The molecule has 102 valence electrons. The summed E-state index contributed by atoms with van der Waals surface area (Å²) in [5, 5.41) is 0. The molecular weight excluding hydrogens is 234 g/mol. The molecule has 2 heteroatoms. The highest BCUT2D eigenvalue weighted by molar-refractivity contribution is 5.81. The van der Waals surface area contributed by atoms with Crippen LogP contribution in [0.4, 0.5) is 0 Å². The van der Waals surface area contributed by atoms with E-state index < -0.39 is 0 Å². The van der Waals surface area contributed by atoms with Crippen LogP contribution in [0.25, 0.3) is 0 Å². The number of carbonyl (C=O) groups excluding carboxylic acids is 1. The molecule has 0 bridgehead atoms. The number of nitrogens with zero attached hydrogens (tertiary/aromatic N) is 1. The van der Waals surface area contributed by atoms with Crippen molar-refractivity contribution in [3.63, 3.8) is 0 Å². The van der Waals surface area contributed by atoms with Crippen LogP contribution in [0.3, 0.4) is 0 Å². The molecule has 0 radical (unpaired) electrons. The number of likely N-dealkylation sites (tertiary alicyclic amines) is 1. The third kappa shape index (κ3) is 2.46. The Morgan fingerprint density at radius 1 is 1.16 bits per heavy atom. The van der Waals surface area contributed by atoms with Crippen LogP contribution in [-0.4, -0.2) is 22.8 Å². The predicted molar refractivity (Wildman–Crippen MR) is 76.7 cm³/mol. The highest BCUT2D eigenvalue weighted by Gasteiger charge is 2.44. The van der Waals surface area contributed by atoms with Crippen molar-refractivity contribution in [3.05, 3.63) is 35.9 Å². The van der Waals surface area contributed by atoms with Crippen molar-refractivity contribution in [3.8, 4) is 0 Å². The van der Waals surface area contributed by atoms with Crippen LogP contribution in [0.5, 0.6) is 0 Å². The first-order valence-corrected chi connectivity index (χ1v) is 7.46. The maximum atomic E-state index is 11.7. The number of carbonyl (C=O) groups is 1. The maximum Gasteiger partial charge on any atom is 0.133 e. The number of ketones is 1. The zero-order chi connectivity index (χ0) is 13.4. The van der Waals surface area contributed by atoms with Gasteiger partial charge in [0.05, 0.1) is 0 Å². The summed E-state index contributed by atoms with van der Waals surface area (Å²) in [6, 6.07) is 11.8. The van der Waals surface area contributed by atoms with Crippen LogP contribution < -0.4 is 0 Å². The molecule has 1 aliphatic carbocycles. The SMILES string of the molecule is C[C@@H]1CC2CC(=O)CC2[C@H](C)N1Cc1ccccc1. The fourth-order valence-electron chi connectivity index (χ4n) is 4.09. The minimum absolute atomic E-state index is 0.482. The molecule has 0 amide bonds. The molecule has 2 fully saturated rings. The molecule has 4 atom stereocenters. The summed E-state index contributed by atoms with van der Waals surface area (Å²) in [4.78, 5) is 14.3. The number of hydrogen-bond acceptors (Lipinski definition) is 2. The number of fused-ring (bicyclic) bond motifs is 1. The lowest BCUT2D eigenvalue weighted by atomic mass is 9.79. The molecular formula is C17H23NO. The maximum absolute atomic E-state index is 11.7. The molecule has 1 aromatic carbocycles. The second kappa shape index (κ2) is 5.09. The van der Waals surface area contributed by atoms with Gasteiger partial charge >= 0.3 is 0 Å². The Kier molecular flexibility index (Phi) is 3.44. The van der Waals surface area contributed by atoms with Crippen molar-refractivity contribution in [1.82, 2.24) is 4.90 Å². The van der Waals surface area contributed by atoms with E-state index >= 15 is 0 Å². The van der Waals surface area contributed by atoms with Gasteiger partial charge in [0.1, 0.15) is 5.78 Å². The smallest absolute Gasteiger partial charge is 0.133 e. The van der Waals surface area contributed by atoms with Crippen LogP contribution in [0, 0.1) is 11.8 Å². The molecule has 0 N–H and O–H groups in total. The van der Waals surface area contributed by atoms with Gasteiger partial charge in [-0.05, 0) is 37.7 Å². The molecule has 1 aromatic rings. The van der Waals surface area contributed by atoms with Gasteiger partial charge in [-0.1, -0.05) is 30.3 Å². The summed E-state index contributed by atoms with van der Waals surface area (Å²) in [6.45, 7) is 5.65. The topological polar surface area (TPSA) is 20.3 Å². The predicted octanol–water partition coefficient (Wildman–Crippen LogP) is 3.26. The van der Waals surface area contributed by atoms with Gasteiger partial charge < -0.3 is 0 Å². The second-order valence-corrected chi connectivity index (χ2v) is 6.35. The first kappa shape index (κ1) is 12.9. The molecule has 0 spiro atoms. The molecule has 1 saturated carbocycles. The highest BCUT2D eigenvalue weighted by Crippen LogP contribution is 2.42. The quantitative estimate of drug-likeness (QED) is 0.810. The number of benzene rings is 1. The standard InChI is InChI=1S/C17H23NO/c1-12-8-15-9-16(19)10-17(15)13(2)18(12)11-14-6-4-3-5-7-14/h3-7,12-13,15,17H,8-11H2,1-2H3/t12-,13+,15?,17?/m1/s1. The van der Waals surface area contributed by atoms with E-state index in [1.165, 1.54) is 12.0 Å². The van der Waals surface area contributed by atoms with Crippen LogP contribution >= 0.6 is 0 Å². The van der Waals surface area contributed by atoms with Gasteiger partial charge in [0, 0.05) is 31.5 Å². The fourth-order valence-corrected chi connectivity index (χ4v) is 4.09. The van der Waals surface area contributed by atoms with E-state index in [1.807, 2.05) is 0 Å². The van der Waals surface area contributed by atoms with Crippen molar-refractivity contribution in [2.24, 2.45) is 11.8 Å². The molecule has 2 aliphatic rings. The molecule has 1 aliphatic heterocycles. The first-order chi connectivity index (χ1) is 9.15. The third-order valence-corrected chi connectivity index (χ3v) is 5.12. The average molecular weight is 257 g/mol. The van der Waals surface area contributed by atoms with Gasteiger partial charge in [-0.25, -0.2) is 0 Å². The number of piperidine rings is 1. The van der Waals surface area contributed by atoms with E-state index in [0.717, 1.165) is 19.4 Å². The summed E-state index contributed by atoms with van der Waals surface area (Å²) >= 11 is 0. The van der Waals surface area contributed by atoms with Crippen LogP contribution in [0.15, 0.2) is 30.3 Å². The number of hydrogen-bond donors (Lipinski definition) is 0. The molecule has 0 aromatic heterocycles. The Balaban J connectivity index is 1.76. The Labute approximate surface area is 115 Å². The average Bonchev–Trinajstić information content (AvgIpc) is 2.76. The fraction of sp³-hybridized carbons (Fsp3) is 0.588. The van der Waals surface area contributed by atoms with E-state index in [0.29, 0.717) is 29.7 Å². The van der Waals surface area contributed by atoms with Crippen LogP contribution in [0.2, 0.25) is 0 Å². The van der Waals surface area contributed by atoms with E-state index in [-0.39, 0.29) is 0 Å². The summed E-state index contributed by atoms with van der Waals surface area (Å²) in [5.41, 5.74) is 1.38. The second-order valence-electron chi connectivity index (χ2n) is 6.35. The van der Waals surface area contributed by atoms with Gasteiger partial charge in [0.15, 0.2) is 0 Å². The van der Waals surface area contributed by atoms with Crippen molar-refractivity contribution in [2.45, 2.75) is 51.7 Å². The summed E-state index contributed by atoms with van der Waals surface area (Å²) in [5.74, 6) is 1.72. The Hall–Kier alpha value is -1.15. The zero-order valence-corrected chi connectivity index (χ0v) is 11.9. The van der Waals surface area contributed by atoms with Gasteiger partial charge in [0.25, 0.3) is 0 Å². The molecule has 19 heavy (non-hydrogen) atoms. The van der Waals surface area contributed by atoms with E-state index in [4.69, 9.17) is 0 Å². The van der Waals surface area contributed by atoms with Gasteiger partial charge in [0.2, 0.25) is 0 Å². The molecule has 1 saturated heterocycles. The summed E-state index contributed by atoms with van der Waals surface area (Å²) < 4.78 is 0. The molecule has 3 rings (SSSR count). The Bertz CT molecular complexity index is 456. The van der Waals surface area contributed by atoms with Crippen molar-refractivity contribution >= 4 is 5.78 Å². The number of Topliss-reactive ketones (excluding diaryl/α,β-unsaturated/α-hetero) is 1. The van der Waals surface area contributed by atoms with E-state index in [2.05, 4.69) is 49.1 Å². The lowest BCUT2D eigenvalue weighted by molar-refractivity contribution is -0.117. The largest absolute Gasteiger partial charge is 0.300 e. The minimum Gasteiger partial charge on any atom is -0.300 e. The van der Waals surface area contributed by atoms with Crippen molar-refractivity contribution < 1.29 is 4.79 Å². The van der Waals surface area contributed by atoms with Crippen LogP contribution in [-0.2, 0) is 11.3 Å². The lowest BCUT2D eigenvalue weighted by Gasteiger charge is -2.45. The molecule has 2 nitrogen and oxygen atoms in total. The van der Waals surface area contributed by atoms with Crippen molar-refractivity contribution in [2.75, 3.05) is 0 Å². The Morgan fingerprint density at radius 3 is 2.63 bits per heavy atom. The third-order valence-electron chi connectivity index (χ3n) is 5.12. The summed E-state index contributed by atoms with van der Waals surface area (Å²) in [7, 11) is 0. The van der Waals surface area contributed by atoms with Gasteiger partial charge in [-0.3, -0.25) is 9.69 Å². The van der Waals surface area contributed by atoms with Crippen LogP contribution in [0.1, 0.15) is 38.7 Å². The Morgan fingerprint density at radius 2 is 1.89 bits per heavy atom. The minimum atomic E-state index is 0.482. The lowest BCUT2D eigenvalue weighted by Crippen LogP contribution is -2.50. The molecule has 1 heterocycles. The van der Waals surface area contributed by atoms with Crippen molar-refractivity contribution in [1.29, 1.82) is 0 Å². The normalized spacial score (nSPS) is 35.4. The first-order valence-electron chi connectivity index (χ1n) is 7.46. The van der Waals surface area contributed by atoms with Gasteiger partial charge in [-0.15, -0.1) is 0 Å². The van der Waals surface area contributed by atoms with Gasteiger partial charge in [-0.2, -0.15) is 0 Å².